The van der Waals surface area contributed by atoms with Crippen molar-refractivity contribution in [1.82, 2.24) is 10.6 Å². The number of amides is 2. The molecule has 16 heavy (non-hydrogen) atoms. The summed E-state index contributed by atoms with van der Waals surface area (Å²) in [5.74, 6) is -0.263. The number of carbonyl (C=O) groups excluding carboxylic acids is 1. The molecule has 0 saturated heterocycles. The van der Waals surface area contributed by atoms with Gasteiger partial charge in [0.15, 0.2) is 11.5 Å². The van der Waals surface area contributed by atoms with Gasteiger partial charge in [0.25, 0.3) is 0 Å². The number of rotatable bonds is 3. The van der Waals surface area contributed by atoms with Crippen LogP contribution in [-0.2, 0) is 6.42 Å². The highest BCUT2D eigenvalue weighted by molar-refractivity contribution is 5.73. The summed E-state index contributed by atoms with van der Waals surface area (Å²) in [6, 6.07) is 2.78. The predicted octanol–water partition coefficient (Wildman–Crippen LogP) is 0.878. The molecule has 0 fully saturated rings. The molecule has 0 heterocycles. The molecular formula is C11H16N2O3. The third-order valence-corrected chi connectivity index (χ3v) is 2.34. The standard InChI is InChI=1S/C11H16N2O3/c1-7-5-9(14)10(15)6-8(7)3-4-13-11(16)12-2/h5-6,14-15H,3-4H2,1-2H3,(H2,12,13,16). The predicted molar refractivity (Wildman–Crippen MR) is 60.7 cm³/mol. The molecule has 0 bridgehead atoms. The minimum atomic E-state index is -0.236. The topological polar surface area (TPSA) is 81.6 Å². The van der Waals surface area contributed by atoms with Crippen molar-refractivity contribution in [2.75, 3.05) is 13.6 Å². The molecule has 1 aromatic carbocycles. The smallest absolute Gasteiger partial charge is 0.314 e. The zero-order valence-electron chi connectivity index (χ0n) is 9.37. The first kappa shape index (κ1) is 12.2. The molecule has 2 amide bonds. The summed E-state index contributed by atoms with van der Waals surface area (Å²) in [6.45, 7) is 2.32. The van der Waals surface area contributed by atoms with E-state index in [0.717, 1.165) is 11.1 Å². The zero-order valence-corrected chi connectivity index (χ0v) is 9.37. The van der Waals surface area contributed by atoms with Gasteiger partial charge in [-0.1, -0.05) is 0 Å². The van der Waals surface area contributed by atoms with E-state index in [4.69, 9.17) is 0 Å². The maximum Gasteiger partial charge on any atom is 0.314 e. The Balaban J connectivity index is 2.60. The molecule has 0 aliphatic heterocycles. The summed E-state index contributed by atoms with van der Waals surface area (Å²) < 4.78 is 0. The highest BCUT2D eigenvalue weighted by atomic mass is 16.3. The first-order chi connectivity index (χ1) is 7.54. The third kappa shape index (κ3) is 3.05. The molecule has 4 N–H and O–H groups in total. The monoisotopic (exact) mass is 224 g/mol. The second kappa shape index (κ2) is 5.25. The van der Waals surface area contributed by atoms with Crippen molar-refractivity contribution in [3.05, 3.63) is 23.3 Å². The van der Waals surface area contributed by atoms with Gasteiger partial charge in [-0.3, -0.25) is 0 Å². The summed E-state index contributed by atoms with van der Waals surface area (Å²) in [5.41, 5.74) is 1.78. The fourth-order valence-corrected chi connectivity index (χ4v) is 1.39. The van der Waals surface area contributed by atoms with Gasteiger partial charge in [0.2, 0.25) is 0 Å². The molecule has 0 saturated carbocycles. The Morgan fingerprint density at radius 2 is 1.94 bits per heavy atom. The summed E-state index contributed by atoms with van der Waals surface area (Å²) in [4.78, 5) is 10.9. The number of urea groups is 1. The summed E-state index contributed by atoms with van der Waals surface area (Å²) in [6.07, 6.45) is 0.604. The highest BCUT2D eigenvalue weighted by Crippen LogP contribution is 2.27. The highest BCUT2D eigenvalue weighted by Gasteiger charge is 2.05. The second-order valence-corrected chi connectivity index (χ2v) is 3.52. The number of aryl methyl sites for hydroxylation is 1. The average Bonchev–Trinajstić information content (AvgIpc) is 2.25. The van der Waals surface area contributed by atoms with Gasteiger partial charge < -0.3 is 20.8 Å². The SMILES string of the molecule is CNC(=O)NCCc1cc(O)c(O)cc1C. The number of phenols is 2. The first-order valence-corrected chi connectivity index (χ1v) is 5.01. The van der Waals surface area contributed by atoms with E-state index in [1.165, 1.54) is 12.1 Å². The van der Waals surface area contributed by atoms with Crippen molar-refractivity contribution < 1.29 is 15.0 Å². The Morgan fingerprint density at radius 1 is 1.31 bits per heavy atom. The van der Waals surface area contributed by atoms with Gasteiger partial charge in [-0.25, -0.2) is 4.79 Å². The fourth-order valence-electron chi connectivity index (χ4n) is 1.39. The van der Waals surface area contributed by atoms with Crippen LogP contribution in [0.5, 0.6) is 11.5 Å². The van der Waals surface area contributed by atoms with Gasteiger partial charge in [-0.15, -0.1) is 0 Å². The van der Waals surface area contributed by atoms with Gasteiger partial charge in [0.1, 0.15) is 0 Å². The molecule has 0 atom stereocenters. The van der Waals surface area contributed by atoms with Crippen LogP contribution in [0.15, 0.2) is 12.1 Å². The van der Waals surface area contributed by atoms with E-state index in [1.54, 1.807) is 7.05 Å². The van der Waals surface area contributed by atoms with Crippen LogP contribution in [0.1, 0.15) is 11.1 Å². The van der Waals surface area contributed by atoms with Gasteiger partial charge in [0.05, 0.1) is 0 Å². The van der Waals surface area contributed by atoms with E-state index >= 15 is 0 Å². The Labute approximate surface area is 94.1 Å². The van der Waals surface area contributed by atoms with Crippen LogP contribution < -0.4 is 10.6 Å². The molecule has 5 heteroatoms. The van der Waals surface area contributed by atoms with Crippen LogP contribution in [0.25, 0.3) is 0 Å². The molecule has 1 rings (SSSR count). The quantitative estimate of drug-likeness (QED) is 0.575. The van der Waals surface area contributed by atoms with Gasteiger partial charge in [-0.05, 0) is 36.6 Å². The lowest BCUT2D eigenvalue weighted by Crippen LogP contribution is -2.34. The maximum absolute atomic E-state index is 10.9. The van der Waals surface area contributed by atoms with Gasteiger partial charge in [-0.2, -0.15) is 0 Å². The van der Waals surface area contributed by atoms with E-state index in [9.17, 15) is 15.0 Å². The van der Waals surface area contributed by atoms with Gasteiger partial charge in [0, 0.05) is 13.6 Å². The summed E-state index contributed by atoms with van der Waals surface area (Å²) >= 11 is 0. The van der Waals surface area contributed by atoms with Crippen molar-refractivity contribution in [1.29, 1.82) is 0 Å². The number of benzene rings is 1. The Hall–Kier alpha value is -1.91. The van der Waals surface area contributed by atoms with Crippen LogP contribution in [0, 0.1) is 6.92 Å². The van der Waals surface area contributed by atoms with Crippen molar-refractivity contribution >= 4 is 6.03 Å². The van der Waals surface area contributed by atoms with E-state index < -0.39 is 0 Å². The Bertz CT molecular complexity index is 391. The molecule has 0 aromatic heterocycles. The number of nitrogens with one attached hydrogen (secondary N) is 2. The molecule has 88 valence electrons. The maximum atomic E-state index is 10.9. The lowest BCUT2D eigenvalue weighted by Gasteiger charge is -2.08. The molecule has 0 aliphatic carbocycles. The summed E-state index contributed by atoms with van der Waals surface area (Å²) in [5, 5.41) is 23.7. The van der Waals surface area contributed by atoms with Crippen molar-refractivity contribution in [3.63, 3.8) is 0 Å². The molecule has 0 unspecified atom stereocenters. The van der Waals surface area contributed by atoms with E-state index in [2.05, 4.69) is 10.6 Å². The minimum Gasteiger partial charge on any atom is -0.504 e. The van der Waals surface area contributed by atoms with E-state index in [0.29, 0.717) is 13.0 Å². The molecule has 1 aromatic rings. The van der Waals surface area contributed by atoms with Gasteiger partial charge >= 0.3 is 6.03 Å². The largest absolute Gasteiger partial charge is 0.504 e. The van der Waals surface area contributed by atoms with Crippen molar-refractivity contribution in [3.8, 4) is 11.5 Å². The number of carbonyl (C=O) groups is 1. The lowest BCUT2D eigenvalue weighted by atomic mass is 10.0. The minimum absolute atomic E-state index is 0.125. The molecule has 0 spiro atoms. The third-order valence-electron chi connectivity index (χ3n) is 2.34. The van der Waals surface area contributed by atoms with Crippen molar-refractivity contribution in [2.45, 2.75) is 13.3 Å². The normalized spacial score (nSPS) is 9.88. The molecular weight excluding hydrogens is 208 g/mol. The van der Waals surface area contributed by atoms with Crippen molar-refractivity contribution in [2.24, 2.45) is 0 Å². The fraction of sp³-hybridized carbons (Fsp3) is 0.364. The number of hydrogen-bond acceptors (Lipinski definition) is 3. The molecule has 5 nitrogen and oxygen atoms in total. The van der Waals surface area contributed by atoms with Crippen LogP contribution in [0.4, 0.5) is 4.79 Å². The molecule has 0 radical (unpaired) electrons. The number of aromatic hydroxyl groups is 2. The van der Waals surface area contributed by atoms with E-state index in [1.807, 2.05) is 6.92 Å². The second-order valence-electron chi connectivity index (χ2n) is 3.52. The zero-order chi connectivity index (χ0) is 12.1. The first-order valence-electron chi connectivity index (χ1n) is 5.01. The van der Waals surface area contributed by atoms with Crippen LogP contribution in [-0.4, -0.2) is 29.8 Å². The van der Waals surface area contributed by atoms with Crippen LogP contribution in [0.2, 0.25) is 0 Å². The van der Waals surface area contributed by atoms with E-state index in [-0.39, 0.29) is 17.5 Å². The average molecular weight is 224 g/mol. The Kier molecular flexibility index (Phi) is 3.99. The Morgan fingerprint density at radius 3 is 2.56 bits per heavy atom. The number of hydrogen-bond donors (Lipinski definition) is 4. The number of phenolic OH excluding ortho intramolecular Hbond substituents is 2. The van der Waals surface area contributed by atoms with Crippen LogP contribution in [0.3, 0.4) is 0 Å². The lowest BCUT2D eigenvalue weighted by molar-refractivity contribution is 0.243. The van der Waals surface area contributed by atoms with Crippen LogP contribution >= 0.6 is 0 Å². The molecule has 0 aliphatic rings. The summed E-state index contributed by atoms with van der Waals surface area (Å²) in [7, 11) is 1.55.